The first-order valence-corrected chi connectivity index (χ1v) is 9.48. The van der Waals surface area contributed by atoms with Crippen LogP contribution in [0.2, 0.25) is 10.0 Å². The van der Waals surface area contributed by atoms with Crippen molar-refractivity contribution in [3.8, 4) is 17.2 Å². The Bertz CT molecular complexity index is 1040. The van der Waals surface area contributed by atoms with Crippen LogP contribution in [0.3, 0.4) is 0 Å². The van der Waals surface area contributed by atoms with Gasteiger partial charge < -0.3 is 13.9 Å². The van der Waals surface area contributed by atoms with Gasteiger partial charge in [-0.3, -0.25) is 14.9 Å². The monoisotopic (exact) mass is 451 g/mol. The average Bonchev–Trinajstić information content (AvgIpc) is 3.20. The van der Waals surface area contributed by atoms with Crippen LogP contribution in [0.15, 0.2) is 46.9 Å². The van der Waals surface area contributed by atoms with Gasteiger partial charge in [-0.05, 0) is 36.8 Å². The standard InChI is InChI=1S/C19H15Cl2N3O6/c20-13-5-8-16(15(21)10-13)28-9-1-2-18(25)29-11-17-22-23-19(30-17)12-3-6-14(7-4-12)24(26)27/h3-8,10H,1-2,9,11H2. The average molecular weight is 452 g/mol. The highest BCUT2D eigenvalue weighted by Gasteiger charge is 2.13. The highest BCUT2D eigenvalue weighted by Crippen LogP contribution is 2.27. The molecule has 1 heterocycles. The molecule has 0 amide bonds. The summed E-state index contributed by atoms with van der Waals surface area (Å²) in [5.41, 5.74) is 0.471. The number of non-ortho nitro benzene ring substituents is 1. The van der Waals surface area contributed by atoms with E-state index in [1.54, 1.807) is 18.2 Å². The Hall–Kier alpha value is -3.17. The summed E-state index contributed by atoms with van der Waals surface area (Å²) in [6.45, 7) is 0.101. The fourth-order valence-corrected chi connectivity index (χ4v) is 2.82. The quantitative estimate of drug-likeness (QED) is 0.196. The molecule has 2 aromatic carbocycles. The number of carbonyl (C=O) groups is 1. The number of halogens is 2. The maximum absolute atomic E-state index is 11.8. The zero-order valence-corrected chi connectivity index (χ0v) is 16.9. The van der Waals surface area contributed by atoms with Gasteiger partial charge >= 0.3 is 5.97 Å². The molecule has 0 N–H and O–H groups in total. The fourth-order valence-electron chi connectivity index (χ4n) is 2.36. The summed E-state index contributed by atoms with van der Waals surface area (Å²) in [4.78, 5) is 22.0. The van der Waals surface area contributed by atoms with Crippen molar-refractivity contribution in [1.29, 1.82) is 0 Å². The van der Waals surface area contributed by atoms with E-state index >= 15 is 0 Å². The minimum absolute atomic E-state index is 0.0465. The van der Waals surface area contributed by atoms with Crippen LogP contribution >= 0.6 is 23.2 Å². The lowest BCUT2D eigenvalue weighted by Crippen LogP contribution is -2.07. The van der Waals surface area contributed by atoms with Gasteiger partial charge in [-0.2, -0.15) is 0 Å². The van der Waals surface area contributed by atoms with Gasteiger partial charge in [0, 0.05) is 29.1 Å². The van der Waals surface area contributed by atoms with Gasteiger partial charge in [0.25, 0.3) is 11.6 Å². The third-order valence-electron chi connectivity index (χ3n) is 3.83. The summed E-state index contributed by atoms with van der Waals surface area (Å²) in [6, 6.07) is 10.5. The van der Waals surface area contributed by atoms with Crippen molar-refractivity contribution in [2.24, 2.45) is 0 Å². The van der Waals surface area contributed by atoms with Crippen molar-refractivity contribution in [1.82, 2.24) is 10.2 Å². The molecule has 3 rings (SSSR count). The number of nitro benzene ring substituents is 1. The van der Waals surface area contributed by atoms with Crippen molar-refractivity contribution in [2.75, 3.05) is 6.61 Å². The minimum atomic E-state index is -0.502. The Morgan fingerprint density at radius 1 is 1.13 bits per heavy atom. The van der Waals surface area contributed by atoms with Crippen LogP contribution in [0.25, 0.3) is 11.5 Å². The summed E-state index contributed by atoms with van der Waals surface area (Å²) in [5, 5.41) is 19.2. The highest BCUT2D eigenvalue weighted by molar-refractivity contribution is 6.35. The van der Waals surface area contributed by atoms with Gasteiger partial charge in [-0.25, -0.2) is 0 Å². The molecular formula is C19H15Cl2N3O6. The molecule has 0 fully saturated rings. The van der Waals surface area contributed by atoms with Gasteiger partial charge in [-0.1, -0.05) is 23.2 Å². The van der Waals surface area contributed by atoms with E-state index in [0.29, 0.717) is 27.8 Å². The van der Waals surface area contributed by atoms with Gasteiger partial charge in [-0.15, -0.1) is 10.2 Å². The molecule has 0 bridgehead atoms. The van der Waals surface area contributed by atoms with Crippen molar-refractivity contribution < 1.29 is 23.6 Å². The lowest BCUT2D eigenvalue weighted by atomic mass is 10.2. The molecule has 9 nitrogen and oxygen atoms in total. The first-order valence-electron chi connectivity index (χ1n) is 8.73. The second-order valence-electron chi connectivity index (χ2n) is 5.99. The Kier molecular flexibility index (Phi) is 7.21. The van der Waals surface area contributed by atoms with Crippen LogP contribution in [0, 0.1) is 10.1 Å². The predicted molar refractivity (Wildman–Crippen MR) is 107 cm³/mol. The van der Waals surface area contributed by atoms with Gasteiger partial charge in [0.2, 0.25) is 5.89 Å². The zero-order chi connectivity index (χ0) is 21.5. The fraction of sp³-hybridized carbons (Fsp3) is 0.211. The van der Waals surface area contributed by atoms with E-state index in [0.717, 1.165) is 0 Å². The van der Waals surface area contributed by atoms with Gasteiger partial charge in [0.1, 0.15) is 5.75 Å². The van der Waals surface area contributed by atoms with Gasteiger partial charge in [0.05, 0.1) is 16.6 Å². The highest BCUT2D eigenvalue weighted by atomic mass is 35.5. The van der Waals surface area contributed by atoms with Crippen LogP contribution in [0.4, 0.5) is 5.69 Å². The van der Waals surface area contributed by atoms with E-state index in [9.17, 15) is 14.9 Å². The number of esters is 1. The van der Waals surface area contributed by atoms with Crippen LogP contribution in [0.1, 0.15) is 18.7 Å². The van der Waals surface area contributed by atoms with Crippen molar-refractivity contribution in [3.63, 3.8) is 0 Å². The summed E-state index contributed by atoms with van der Waals surface area (Å²) in [7, 11) is 0. The van der Waals surface area contributed by atoms with E-state index in [1.165, 1.54) is 24.3 Å². The Labute approximate surface area is 180 Å². The number of hydrogen-bond acceptors (Lipinski definition) is 8. The molecule has 0 aliphatic carbocycles. The van der Waals surface area contributed by atoms with Crippen LogP contribution in [-0.4, -0.2) is 27.7 Å². The number of carbonyl (C=O) groups excluding carboxylic acids is 1. The van der Waals surface area contributed by atoms with Crippen LogP contribution < -0.4 is 4.74 Å². The minimum Gasteiger partial charge on any atom is -0.492 e. The molecule has 0 radical (unpaired) electrons. The predicted octanol–water partition coefficient (Wildman–Crippen LogP) is 4.85. The number of aromatic nitrogens is 2. The maximum Gasteiger partial charge on any atom is 0.306 e. The third kappa shape index (κ3) is 5.91. The third-order valence-corrected chi connectivity index (χ3v) is 4.36. The number of nitro groups is 1. The van der Waals surface area contributed by atoms with Crippen LogP contribution in [0.5, 0.6) is 5.75 Å². The molecule has 0 spiro atoms. The molecular weight excluding hydrogens is 437 g/mol. The van der Waals surface area contributed by atoms with Crippen molar-refractivity contribution >= 4 is 34.9 Å². The smallest absolute Gasteiger partial charge is 0.306 e. The number of hydrogen-bond donors (Lipinski definition) is 0. The second-order valence-corrected chi connectivity index (χ2v) is 6.84. The van der Waals surface area contributed by atoms with Crippen molar-refractivity contribution in [3.05, 3.63) is 68.5 Å². The molecule has 3 aromatic rings. The number of ether oxygens (including phenoxy) is 2. The molecule has 0 aliphatic heterocycles. The molecule has 0 aliphatic rings. The molecule has 0 unspecified atom stereocenters. The zero-order valence-electron chi connectivity index (χ0n) is 15.4. The number of nitrogens with zero attached hydrogens (tertiary/aromatic N) is 3. The number of benzene rings is 2. The SMILES string of the molecule is O=C(CCCOc1ccc(Cl)cc1Cl)OCc1nnc(-c2ccc([N+](=O)[O-])cc2)o1. The lowest BCUT2D eigenvalue weighted by molar-refractivity contribution is -0.384. The molecule has 156 valence electrons. The topological polar surface area (TPSA) is 118 Å². The molecule has 30 heavy (non-hydrogen) atoms. The summed E-state index contributed by atoms with van der Waals surface area (Å²) in [5.74, 6) is 0.319. The van der Waals surface area contributed by atoms with E-state index in [4.69, 9.17) is 37.1 Å². The van der Waals surface area contributed by atoms with Crippen LogP contribution in [-0.2, 0) is 16.1 Å². The summed E-state index contributed by atoms with van der Waals surface area (Å²) in [6.07, 6.45) is 0.560. The Balaban J connectivity index is 1.41. The van der Waals surface area contributed by atoms with E-state index in [2.05, 4.69) is 10.2 Å². The first kappa shape index (κ1) is 21.5. The summed E-state index contributed by atoms with van der Waals surface area (Å²) >= 11 is 11.8. The van der Waals surface area contributed by atoms with Crippen molar-refractivity contribution in [2.45, 2.75) is 19.4 Å². The maximum atomic E-state index is 11.8. The number of rotatable bonds is 9. The Morgan fingerprint density at radius 2 is 1.90 bits per heavy atom. The normalized spacial score (nSPS) is 10.6. The van der Waals surface area contributed by atoms with E-state index in [1.807, 2.05) is 0 Å². The van der Waals surface area contributed by atoms with E-state index in [-0.39, 0.29) is 37.1 Å². The molecule has 0 saturated heterocycles. The van der Waals surface area contributed by atoms with Gasteiger partial charge in [0.15, 0.2) is 6.61 Å². The summed E-state index contributed by atoms with van der Waals surface area (Å²) < 4.78 is 16.0. The second kappa shape index (κ2) is 10.0. The molecule has 1 aromatic heterocycles. The van der Waals surface area contributed by atoms with E-state index < -0.39 is 10.9 Å². The largest absolute Gasteiger partial charge is 0.492 e. The first-order chi connectivity index (χ1) is 14.4. The molecule has 11 heteroatoms. The lowest BCUT2D eigenvalue weighted by Gasteiger charge is -2.08. The molecule has 0 saturated carbocycles. The Morgan fingerprint density at radius 3 is 2.60 bits per heavy atom. The molecule has 0 atom stereocenters.